The lowest BCUT2D eigenvalue weighted by Gasteiger charge is -2.03. The molecular formula is C16H12N4O. The van der Waals surface area contributed by atoms with Gasteiger partial charge in [-0.15, -0.1) is 0 Å². The topological polar surface area (TPSA) is 56.2 Å². The zero-order valence-electron chi connectivity index (χ0n) is 11.2. The van der Waals surface area contributed by atoms with Gasteiger partial charge in [-0.3, -0.25) is 0 Å². The van der Waals surface area contributed by atoms with Crippen molar-refractivity contribution in [2.75, 3.05) is 0 Å². The molecule has 0 N–H and O–H groups in total. The van der Waals surface area contributed by atoms with Gasteiger partial charge < -0.3 is 4.42 Å². The number of aromatic nitrogens is 4. The maximum atomic E-state index is 5.60. The maximum Gasteiger partial charge on any atom is 0.181 e. The van der Waals surface area contributed by atoms with Crippen molar-refractivity contribution in [2.45, 2.75) is 6.42 Å². The number of hydrogen-bond acceptors (Lipinski definition) is 4. The molecule has 0 atom stereocenters. The van der Waals surface area contributed by atoms with Crippen molar-refractivity contribution >= 4 is 5.65 Å². The van der Waals surface area contributed by atoms with Crippen LogP contribution in [0.1, 0.15) is 11.3 Å². The number of oxazole rings is 1. The molecule has 0 unspecified atom stereocenters. The average Bonchev–Trinajstić information content (AvgIpc) is 3.16. The summed E-state index contributed by atoms with van der Waals surface area (Å²) in [5.74, 6) is 0.731. The van der Waals surface area contributed by atoms with Gasteiger partial charge in [-0.05, 0) is 17.7 Å². The highest BCUT2D eigenvalue weighted by Crippen LogP contribution is 2.25. The summed E-state index contributed by atoms with van der Waals surface area (Å²) in [5, 5.41) is 4.24. The average molecular weight is 276 g/mol. The lowest BCUT2D eigenvalue weighted by Crippen LogP contribution is -1.96. The van der Waals surface area contributed by atoms with Crippen LogP contribution in [0.25, 0.3) is 17.1 Å². The minimum Gasteiger partial charge on any atom is -0.442 e. The Balaban J connectivity index is 1.80. The number of rotatable bonds is 3. The number of fused-ring (bicyclic) bond motifs is 1. The molecule has 0 aliphatic rings. The van der Waals surface area contributed by atoms with Crippen LogP contribution in [0.5, 0.6) is 0 Å². The van der Waals surface area contributed by atoms with Gasteiger partial charge in [0.05, 0.1) is 5.69 Å². The third-order valence-corrected chi connectivity index (χ3v) is 3.39. The second-order valence-electron chi connectivity index (χ2n) is 4.73. The molecule has 3 aromatic heterocycles. The Hall–Kier alpha value is -2.95. The van der Waals surface area contributed by atoms with Crippen molar-refractivity contribution in [3.8, 4) is 11.5 Å². The molecule has 0 saturated carbocycles. The van der Waals surface area contributed by atoms with Gasteiger partial charge in [0.1, 0.15) is 12.0 Å². The van der Waals surface area contributed by atoms with Crippen LogP contribution < -0.4 is 0 Å². The Bertz CT molecular complexity index is 879. The minimum atomic E-state index is 0.720. The molecule has 0 amide bonds. The monoisotopic (exact) mass is 276 g/mol. The van der Waals surface area contributed by atoms with E-state index in [0.717, 1.165) is 29.2 Å². The predicted octanol–water partition coefficient (Wildman–Crippen LogP) is 2.98. The first-order valence-corrected chi connectivity index (χ1v) is 6.67. The van der Waals surface area contributed by atoms with E-state index in [0.29, 0.717) is 0 Å². The maximum absolute atomic E-state index is 5.60. The molecule has 1 aromatic carbocycles. The van der Waals surface area contributed by atoms with Crippen molar-refractivity contribution in [3.05, 3.63) is 72.5 Å². The van der Waals surface area contributed by atoms with Gasteiger partial charge in [0, 0.05) is 6.42 Å². The molecular weight excluding hydrogens is 264 g/mol. The van der Waals surface area contributed by atoms with E-state index in [9.17, 15) is 0 Å². The number of nitrogens with zero attached hydrogens (tertiary/aromatic N) is 4. The van der Waals surface area contributed by atoms with E-state index in [-0.39, 0.29) is 0 Å². The quantitative estimate of drug-likeness (QED) is 0.577. The fourth-order valence-electron chi connectivity index (χ4n) is 2.41. The van der Waals surface area contributed by atoms with Crippen LogP contribution in [0.3, 0.4) is 0 Å². The van der Waals surface area contributed by atoms with Crippen LogP contribution in [0.15, 0.2) is 65.7 Å². The number of benzene rings is 1. The summed E-state index contributed by atoms with van der Waals surface area (Å²) < 4.78 is 7.36. The fraction of sp³-hybridized carbons (Fsp3) is 0.0625. The van der Waals surface area contributed by atoms with Crippen LogP contribution in [0.4, 0.5) is 0 Å². The van der Waals surface area contributed by atoms with E-state index >= 15 is 0 Å². The minimum absolute atomic E-state index is 0.720. The van der Waals surface area contributed by atoms with E-state index < -0.39 is 0 Å². The van der Waals surface area contributed by atoms with E-state index in [1.165, 1.54) is 18.3 Å². The zero-order chi connectivity index (χ0) is 14.1. The molecule has 0 bridgehead atoms. The van der Waals surface area contributed by atoms with Gasteiger partial charge >= 0.3 is 0 Å². The molecule has 3 heterocycles. The molecule has 21 heavy (non-hydrogen) atoms. The van der Waals surface area contributed by atoms with E-state index in [1.807, 2.05) is 36.4 Å². The van der Waals surface area contributed by atoms with Gasteiger partial charge in [-0.1, -0.05) is 36.4 Å². The Morgan fingerprint density at radius 2 is 1.86 bits per heavy atom. The van der Waals surface area contributed by atoms with Crippen LogP contribution >= 0.6 is 0 Å². The van der Waals surface area contributed by atoms with Gasteiger partial charge in [-0.25, -0.2) is 14.5 Å². The predicted molar refractivity (Wildman–Crippen MR) is 77.7 cm³/mol. The first-order valence-electron chi connectivity index (χ1n) is 6.67. The van der Waals surface area contributed by atoms with E-state index in [4.69, 9.17) is 4.42 Å². The van der Waals surface area contributed by atoms with Crippen LogP contribution in [-0.2, 0) is 6.42 Å². The largest absolute Gasteiger partial charge is 0.442 e. The summed E-state index contributed by atoms with van der Waals surface area (Å²) in [5.41, 5.74) is 3.73. The van der Waals surface area contributed by atoms with E-state index in [1.54, 1.807) is 4.52 Å². The molecule has 4 rings (SSSR count). The highest BCUT2D eigenvalue weighted by atomic mass is 16.3. The molecule has 0 aliphatic carbocycles. The molecule has 5 heteroatoms. The van der Waals surface area contributed by atoms with Gasteiger partial charge in [0.25, 0.3) is 0 Å². The van der Waals surface area contributed by atoms with E-state index in [2.05, 4.69) is 27.2 Å². The van der Waals surface area contributed by atoms with Crippen LogP contribution in [-0.4, -0.2) is 19.6 Å². The second-order valence-corrected chi connectivity index (χ2v) is 4.73. The molecule has 102 valence electrons. The standard InChI is InChI=1S/C16H12N4O/c1-2-5-12(6-3-1)9-13-16(21-11-18-13)14-7-4-8-15-17-10-19-20(14)15/h1-8,10-11H,9H2. The van der Waals surface area contributed by atoms with Crippen LogP contribution in [0.2, 0.25) is 0 Å². The molecule has 4 aromatic rings. The van der Waals surface area contributed by atoms with Crippen molar-refractivity contribution in [2.24, 2.45) is 0 Å². The van der Waals surface area contributed by atoms with Crippen molar-refractivity contribution in [3.63, 3.8) is 0 Å². The third-order valence-electron chi connectivity index (χ3n) is 3.39. The first-order chi connectivity index (χ1) is 10.4. The summed E-state index contributed by atoms with van der Waals surface area (Å²) in [6, 6.07) is 16.0. The Morgan fingerprint density at radius 1 is 0.952 bits per heavy atom. The van der Waals surface area contributed by atoms with Crippen molar-refractivity contribution in [1.82, 2.24) is 19.6 Å². The summed E-state index contributed by atoms with van der Waals surface area (Å²) >= 11 is 0. The van der Waals surface area contributed by atoms with Crippen molar-refractivity contribution < 1.29 is 4.42 Å². The smallest absolute Gasteiger partial charge is 0.181 e. The molecule has 0 aliphatic heterocycles. The highest BCUT2D eigenvalue weighted by Gasteiger charge is 2.15. The fourth-order valence-corrected chi connectivity index (χ4v) is 2.41. The van der Waals surface area contributed by atoms with Crippen LogP contribution in [0, 0.1) is 0 Å². The second kappa shape index (κ2) is 4.86. The Kier molecular flexibility index (Phi) is 2.74. The number of pyridine rings is 1. The Morgan fingerprint density at radius 3 is 2.76 bits per heavy atom. The zero-order valence-corrected chi connectivity index (χ0v) is 11.2. The summed E-state index contributed by atoms with van der Waals surface area (Å²) in [7, 11) is 0. The molecule has 5 nitrogen and oxygen atoms in total. The normalized spacial score (nSPS) is 11.0. The molecule has 0 fully saturated rings. The summed E-state index contributed by atoms with van der Waals surface area (Å²) in [4.78, 5) is 8.54. The van der Waals surface area contributed by atoms with Crippen molar-refractivity contribution in [1.29, 1.82) is 0 Å². The van der Waals surface area contributed by atoms with Gasteiger partial charge in [0.2, 0.25) is 0 Å². The number of hydrogen-bond donors (Lipinski definition) is 0. The molecule has 0 saturated heterocycles. The third kappa shape index (κ3) is 2.08. The summed E-state index contributed by atoms with van der Waals surface area (Å²) in [6.45, 7) is 0. The van der Waals surface area contributed by atoms with Gasteiger partial charge in [-0.2, -0.15) is 5.10 Å². The Labute approximate surface area is 120 Å². The lowest BCUT2D eigenvalue weighted by atomic mass is 10.1. The molecule has 0 radical (unpaired) electrons. The SMILES string of the molecule is c1ccc(Cc2ncoc2-c2cccc3ncnn23)cc1. The van der Waals surface area contributed by atoms with Gasteiger partial charge in [0.15, 0.2) is 17.8 Å². The first kappa shape index (κ1) is 11.8. The summed E-state index contributed by atoms with van der Waals surface area (Å²) in [6.07, 6.45) is 3.73. The lowest BCUT2D eigenvalue weighted by molar-refractivity contribution is 0.566. The highest BCUT2D eigenvalue weighted by molar-refractivity contribution is 5.60. The molecule has 0 spiro atoms.